The standard InChI is InChI=1S/C14H18O2S2/c1-9(2)13(14(15)16)18-8-10-7-17-12-6-4-3-5-11(10)12/h3-6,9-10,13H,7-8H2,1-2H3,(H,15,16). The van der Waals surface area contributed by atoms with Gasteiger partial charge in [0.15, 0.2) is 0 Å². The highest BCUT2D eigenvalue weighted by molar-refractivity contribution is 8.01. The molecule has 0 saturated heterocycles. The first-order valence-electron chi connectivity index (χ1n) is 6.15. The molecule has 0 aliphatic carbocycles. The lowest BCUT2D eigenvalue weighted by Gasteiger charge is -2.18. The van der Waals surface area contributed by atoms with Crippen molar-refractivity contribution < 1.29 is 9.90 Å². The van der Waals surface area contributed by atoms with E-state index >= 15 is 0 Å². The summed E-state index contributed by atoms with van der Waals surface area (Å²) in [5, 5.41) is 8.90. The Labute approximate surface area is 117 Å². The van der Waals surface area contributed by atoms with Gasteiger partial charge < -0.3 is 5.11 Å². The van der Waals surface area contributed by atoms with E-state index in [4.69, 9.17) is 0 Å². The zero-order valence-corrected chi connectivity index (χ0v) is 12.3. The third-order valence-electron chi connectivity index (χ3n) is 3.12. The van der Waals surface area contributed by atoms with Crippen LogP contribution in [-0.2, 0) is 4.79 Å². The molecule has 98 valence electrons. The van der Waals surface area contributed by atoms with Gasteiger partial charge >= 0.3 is 5.97 Å². The van der Waals surface area contributed by atoms with E-state index in [1.54, 1.807) is 11.8 Å². The topological polar surface area (TPSA) is 37.3 Å². The maximum absolute atomic E-state index is 11.2. The second kappa shape index (κ2) is 6.02. The molecule has 2 unspecified atom stereocenters. The van der Waals surface area contributed by atoms with Crippen LogP contribution in [0, 0.1) is 5.92 Å². The van der Waals surface area contributed by atoms with Crippen LogP contribution in [0.5, 0.6) is 0 Å². The third kappa shape index (κ3) is 3.04. The van der Waals surface area contributed by atoms with Gasteiger partial charge in [-0.3, -0.25) is 4.79 Å². The zero-order valence-electron chi connectivity index (χ0n) is 10.6. The summed E-state index contributed by atoms with van der Waals surface area (Å²) in [5.74, 6) is 1.97. The minimum atomic E-state index is -0.686. The van der Waals surface area contributed by atoms with Crippen LogP contribution in [0.1, 0.15) is 25.3 Å². The summed E-state index contributed by atoms with van der Waals surface area (Å²) < 4.78 is 0. The van der Waals surface area contributed by atoms with E-state index in [2.05, 4.69) is 24.3 Å². The van der Waals surface area contributed by atoms with Crippen LogP contribution in [0.25, 0.3) is 0 Å². The summed E-state index contributed by atoms with van der Waals surface area (Å²) >= 11 is 3.47. The second-order valence-corrected chi connectivity index (χ2v) is 7.12. The smallest absolute Gasteiger partial charge is 0.316 e. The molecule has 2 atom stereocenters. The number of carboxylic acids is 1. The van der Waals surface area contributed by atoms with Crippen molar-refractivity contribution in [2.24, 2.45) is 5.92 Å². The molecule has 0 saturated carbocycles. The number of fused-ring (bicyclic) bond motifs is 1. The van der Waals surface area contributed by atoms with E-state index in [1.807, 2.05) is 25.6 Å². The van der Waals surface area contributed by atoms with Gasteiger partial charge in [-0.05, 0) is 17.5 Å². The molecule has 0 fully saturated rings. The first kappa shape index (κ1) is 13.8. The first-order valence-corrected chi connectivity index (χ1v) is 8.19. The van der Waals surface area contributed by atoms with E-state index in [0.717, 1.165) is 11.5 Å². The summed E-state index contributed by atoms with van der Waals surface area (Å²) in [5.41, 5.74) is 1.39. The summed E-state index contributed by atoms with van der Waals surface area (Å²) in [6.45, 7) is 3.95. The quantitative estimate of drug-likeness (QED) is 0.893. The van der Waals surface area contributed by atoms with Gasteiger partial charge in [-0.2, -0.15) is 0 Å². The Balaban J connectivity index is 1.98. The Morgan fingerprint density at radius 2 is 2.22 bits per heavy atom. The number of rotatable bonds is 5. The highest BCUT2D eigenvalue weighted by Gasteiger charge is 2.27. The van der Waals surface area contributed by atoms with E-state index in [9.17, 15) is 9.90 Å². The van der Waals surface area contributed by atoms with E-state index < -0.39 is 5.97 Å². The summed E-state index contributed by atoms with van der Waals surface area (Å²) in [7, 11) is 0. The maximum Gasteiger partial charge on any atom is 0.316 e. The van der Waals surface area contributed by atoms with E-state index in [1.165, 1.54) is 10.5 Å². The van der Waals surface area contributed by atoms with Gasteiger partial charge in [0.05, 0.1) is 0 Å². The average molecular weight is 282 g/mol. The number of thioether (sulfide) groups is 2. The van der Waals surface area contributed by atoms with Crippen LogP contribution in [0.15, 0.2) is 29.2 Å². The van der Waals surface area contributed by atoms with Crippen LogP contribution in [0.3, 0.4) is 0 Å². The molecule has 2 rings (SSSR count). The van der Waals surface area contributed by atoms with Gasteiger partial charge in [0.25, 0.3) is 0 Å². The highest BCUT2D eigenvalue weighted by Crippen LogP contribution is 2.41. The van der Waals surface area contributed by atoms with Crippen LogP contribution in [0.4, 0.5) is 0 Å². The van der Waals surface area contributed by atoms with Crippen molar-refractivity contribution in [3.63, 3.8) is 0 Å². The molecular weight excluding hydrogens is 264 g/mol. The van der Waals surface area contributed by atoms with Crippen molar-refractivity contribution in [2.45, 2.75) is 29.9 Å². The SMILES string of the molecule is CC(C)C(SCC1CSc2ccccc21)C(=O)O. The molecule has 1 heterocycles. The molecular formula is C14H18O2S2. The summed E-state index contributed by atoms with van der Waals surface area (Å²) in [6, 6.07) is 8.46. The second-order valence-electron chi connectivity index (χ2n) is 4.88. The van der Waals surface area contributed by atoms with Gasteiger partial charge in [0, 0.05) is 22.3 Å². The number of hydrogen-bond acceptors (Lipinski definition) is 3. The lowest BCUT2D eigenvalue weighted by Crippen LogP contribution is -2.23. The van der Waals surface area contributed by atoms with Gasteiger partial charge in [-0.1, -0.05) is 32.0 Å². The number of hydrogen-bond donors (Lipinski definition) is 1. The van der Waals surface area contributed by atoms with Gasteiger partial charge in [0.2, 0.25) is 0 Å². The van der Waals surface area contributed by atoms with Crippen LogP contribution in [-0.4, -0.2) is 27.8 Å². The van der Waals surface area contributed by atoms with Crippen molar-refractivity contribution in [1.29, 1.82) is 0 Å². The Bertz CT molecular complexity index is 432. The van der Waals surface area contributed by atoms with Gasteiger partial charge in [-0.25, -0.2) is 0 Å². The van der Waals surface area contributed by atoms with Gasteiger partial charge in [-0.15, -0.1) is 23.5 Å². The minimum absolute atomic E-state index is 0.178. The Kier molecular flexibility index (Phi) is 4.62. The molecule has 1 aromatic rings. The molecule has 4 heteroatoms. The van der Waals surface area contributed by atoms with Crippen molar-refractivity contribution in [2.75, 3.05) is 11.5 Å². The number of carboxylic acid groups (broad SMARTS) is 1. The van der Waals surface area contributed by atoms with E-state index in [-0.39, 0.29) is 11.2 Å². The molecule has 0 radical (unpaired) electrons. The summed E-state index contributed by atoms with van der Waals surface area (Å²) in [6.07, 6.45) is 0. The Hall–Kier alpha value is -0.610. The van der Waals surface area contributed by atoms with Crippen LogP contribution < -0.4 is 0 Å². The average Bonchev–Trinajstić information content (AvgIpc) is 2.72. The lowest BCUT2D eigenvalue weighted by atomic mass is 10.0. The largest absolute Gasteiger partial charge is 0.480 e. The highest BCUT2D eigenvalue weighted by atomic mass is 32.2. The van der Waals surface area contributed by atoms with Gasteiger partial charge in [0.1, 0.15) is 5.25 Å². The van der Waals surface area contributed by atoms with E-state index in [0.29, 0.717) is 5.92 Å². The zero-order chi connectivity index (χ0) is 13.1. The first-order chi connectivity index (χ1) is 8.59. The Morgan fingerprint density at radius 1 is 1.50 bits per heavy atom. The fraction of sp³-hybridized carbons (Fsp3) is 0.500. The molecule has 0 bridgehead atoms. The molecule has 0 spiro atoms. The van der Waals surface area contributed by atoms with Crippen LogP contribution in [0.2, 0.25) is 0 Å². The minimum Gasteiger partial charge on any atom is -0.480 e. The fourth-order valence-electron chi connectivity index (χ4n) is 2.14. The van der Waals surface area contributed by atoms with Crippen molar-refractivity contribution >= 4 is 29.5 Å². The lowest BCUT2D eigenvalue weighted by molar-refractivity contribution is -0.137. The molecule has 1 aromatic carbocycles. The number of benzene rings is 1. The molecule has 0 aromatic heterocycles. The molecule has 0 amide bonds. The maximum atomic E-state index is 11.2. The normalized spacial score (nSPS) is 19.8. The predicted molar refractivity (Wildman–Crippen MR) is 78.6 cm³/mol. The molecule has 2 nitrogen and oxygen atoms in total. The molecule has 1 N–H and O–H groups in total. The van der Waals surface area contributed by atoms with Crippen LogP contribution >= 0.6 is 23.5 Å². The number of aliphatic carboxylic acids is 1. The summed E-state index contributed by atoms with van der Waals surface area (Å²) in [4.78, 5) is 12.5. The molecule has 1 aliphatic heterocycles. The molecule has 1 aliphatic rings. The molecule has 18 heavy (non-hydrogen) atoms. The number of carbonyl (C=O) groups is 1. The third-order valence-corrected chi connectivity index (χ3v) is 6.08. The van der Waals surface area contributed by atoms with Crippen molar-refractivity contribution in [1.82, 2.24) is 0 Å². The predicted octanol–water partition coefficient (Wildman–Crippen LogP) is 3.72. The Morgan fingerprint density at radius 3 is 2.89 bits per heavy atom. The monoisotopic (exact) mass is 282 g/mol. The van der Waals surface area contributed by atoms with Crippen molar-refractivity contribution in [3.8, 4) is 0 Å². The fourth-order valence-corrected chi connectivity index (χ4v) is 4.80. The van der Waals surface area contributed by atoms with Crippen molar-refractivity contribution in [3.05, 3.63) is 29.8 Å².